The van der Waals surface area contributed by atoms with Crippen LogP contribution in [0.3, 0.4) is 0 Å². The van der Waals surface area contributed by atoms with E-state index in [-0.39, 0.29) is 23.3 Å². The van der Waals surface area contributed by atoms with Gasteiger partial charge < -0.3 is 19.9 Å². The summed E-state index contributed by atoms with van der Waals surface area (Å²) < 4.78 is 5.25. The van der Waals surface area contributed by atoms with E-state index in [9.17, 15) is 9.59 Å². The Morgan fingerprint density at radius 2 is 1.80 bits per heavy atom. The molecule has 0 radical (unpaired) electrons. The van der Waals surface area contributed by atoms with Crippen molar-refractivity contribution < 1.29 is 19.2 Å². The molecule has 1 spiro atoms. The van der Waals surface area contributed by atoms with Gasteiger partial charge in [0.15, 0.2) is 0 Å². The van der Waals surface area contributed by atoms with Gasteiger partial charge >= 0.3 is 0 Å². The zero-order chi connectivity index (χ0) is 24.3. The second kappa shape index (κ2) is 10.4. The fourth-order valence-corrected chi connectivity index (χ4v) is 5.78. The predicted octanol–water partition coefficient (Wildman–Crippen LogP) is 2.75. The zero-order valence-corrected chi connectivity index (χ0v) is 20.8. The Balaban J connectivity index is 1.13. The number of methoxy groups -OCH3 is 1. The predicted molar refractivity (Wildman–Crippen MR) is 135 cm³/mol. The number of ether oxygens (including phenoxy) is 1. The van der Waals surface area contributed by atoms with Crippen molar-refractivity contribution in [2.75, 3.05) is 33.3 Å². The van der Waals surface area contributed by atoms with Crippen molar-refractivity contribution in [1.29, 1.82) is 0 Å². The van der Waals surface area contributed by atoms with Crippen LogP contribution in [0, 0.1) is 11.3 Å². The Hall–Kier alpha value is -2.86. The van der Waals surface area contributed by atoms with E-state index >= 15 is 0 Å². The minimum Gasteiger partial charge on any atom is -0.497 e. The van der Waals surface area contributed by atoms with E-state index in [1.165, 1.54) is 5.56 Å². The Morgan fingerprint density at radius 3 is 2.46 bits per heavy atom. The molecule has 0 bridgehead atoms. The summed E-state index contributed by atoms with van der Waals surface area (Å²) in [6.45, 7) is 4.61. The topological polar surface area (TPSA) is 63.1 Å². The first-order valence-electron chi connectivity index (χ1n) is 13.2. The highest BCUT2D eigenvalue weighted by atomic mass is 16.5. The van der Waals surface area contributed by atoms with Crippen molar-refractivity contribution in [2.24, 2.45) is 11.3 Å². The second-order valence-electron chi connectivity index (χ2n) is 10.6. The molecule has 1 atom stereocenters. The highest BCUT2D eigenvalue weighted by Gasteiger charge is 2.49. The van der Waals surface area contributed by atoms with Crippen molar-refractivity contribution in [3.05, 3.63) is 65.7 Å². The van der Waals surface area contributed by atoms with Gasteiger partial charge in [0.2, 0.25) is 11.8 Å². The average molecular weight is 477 g/mol. The SMILES string of the molecule is COc1ccc(CN2CCC3(CC[NH+](CC[C@H](NC(=O)C4CC4)c4ccccc4)CC3)C2=O)cc1. The van der Waals surface area contributed by atoms with Gasteiger partial charge in [-0.3, -0.25) is 9.59 Å². The van der Waals surface area contributed by atoms with E-state index in [0.29, 0.717) is 12.5 Å². The van der Waals surface area contributed by atoms with Gasteiger partial charge in [-0.2, -0.15) is 0 Å². The van der Waals surface area contributed by atoms with Crippen LogP contribution in [0.25, 0.3) is 0 Å². The number of amides is 2. The van der Waals surface area contributed by atoms with E-state index in [0.717, 1.165) is 76.0 Å². The monoisotopic (exact) mass is 476 g/mol. The maximum Gasteiger partial charge on any atom is 0.229 e. The van der Waals surface area contributed by atoms with Gasteiger partial charge in [-0.05, 0) is 42.5 Å². The quantitative estimate of drug-likeness (QED) is 0.585. The molecule has 1 saturated carbocycles. The van der Waals surface area contributed by atoms with Crippen molar-refractivity contribution in [3.8, 4) is 5.75 Å². The molecule has 186 valence electrons. The van der Waals surface area contributed by atoms with E-state index in [4.69, 9.17) is 4.74 Å². The summed E-state index contributed by atoms with van der Waals surface area (Å²) in [5, 5.41) is 3.31. The molecule has 3 aliphatic rings. The Labute approximate surface area is 208 Å². The Bertz CT molecular complexity index is 1010. The zero-order valence-electron chi connectivity index (χ0n) is 20.8. The summed E-state index contributed by atoms with van der Waals surface area (Å²) in [7, 11) is 1.67. The minimum atomic E-state index is -0.172. The fourth-order valence-electron chi connectivity index (χ4n) is 5.78. The standard InChI is InChI=1S/C29H37N3O3/c1-35-25-11-7-22(8-12-25)21-32-20-16-29(28(32)34)14-18-31(19-15-29)17-13-26(23-5-3-2-4-6-23)30-27(33)24-9-10-24/h2-8,11-12,24,26H,9-10,13-21H2,1H3,(H,30,33)/p+1/t26-/m0/s1. The van der Waals surface area contributed by atoms with Crippen LogP contribution >= 0.6 is 0 Å². The first-order valence-corrected chi connectivity index (χ1v) is 13.2. The Morgan fingerprint density at radius 1 is 1.09 bits per heavy atom. The fraction of sp³-hybridized carbons (Fsp3) is 0.517. The number of likely N-dealkylation sites (tertiary alicyclic amines) is 2. The lowest BCUT2D eigenvalue weighted by atomic mass is 9.77. The molecule has 2 aromatic rings. The Kier molecular flexibility index (Phi) is 7.09. The molecular weight excluding hydrogens is 438 g/mol. The summed E-state index contributed by atoms with van der Waals surface area (Å²) in [6.07, 6.45) is 5.88. The van der Waals surface area contributed by atoms with Crippen LogP contribution in [-0.2, 0) is 16.1 Å². The van der Waals surface area contributed by atoms with Crippen LogP contribution in [0.1, 0.15) is 55.7 Å². The molecule has 5 rings (SSSR count). The van der Waals surface area contributed by atoms with Crippen molar-refractivity contribution in [1.82, 2.24) is 10.2 Å². The smallest absolute Gasteiger partial charge is 0.229 e. The van der Waals surface area contributed by atoms with Crippen LogP contribution in [-0.4, -0.2) is 50.0 Å². The molecule has 1 aliphatic carbocycles. The number of hydrogen-bond donors (Lipinski definition) is 2. The summed E-state index contributed by atoms with van der Waals surface area (Å²) in [5.74, 6) is 1.61. The number of carbonyl (C=O) groups excluding carboxylic acids is 2. The lowest BCUT2D eigenvalue weighted by molar-refractivity contribution is -0.907. The molecule has 6 heteroatoms. The normalized spacial score (nSPS) is 25.0. The van der Waals surface area contributed by atoms with Gasteiger partial charge in [0, 0.05) is 38.3 Å². The summed E-state index contributed by atoms with van der Waals surface area (Å²) >= 11 is 0. The number of carbonyl (C=O) groups is 2. The number of quaternary nitrogens is 1. The molecule has 2 amide bonds. The van der Waals surface area contributed by atoms with E-state index in [1.807, 2.05) is 35.2 Å². The van der Waals surface area contributed by atoms with Crippen LogP contribution < -0.4 is 15.0 Å². The molecule has 35 heavy (non-hydrogen) atoms. The molecule has 0 unspecified atom stereocenters. The molecule has 2 N–H and O–H groups in total. The van der Waals surface area contributed by atoms with Crippen LogP contribution in [0.2, 0.25) is 0 Å². The van der Waals surface area contributed by atoms with Gasteiger partial charge in [0.05, 0.1) is 38.2 Å². The molecule has 2 saturated heterocycles. The highest BCUT2D eigenvalue weighted by molar-refractivity contribution is 5.85. The number of benzene rings is 2. The molecule has 6 nitrogen and oxygen atoms in total. The molecule has 2 aromatic carbocycles. The lowest BCUT2D eigenvalue weighted by Gasteiger charge is -2.36. The first-order chi connectivity index (χ1) is 17.1. The maximum atomic E-state index is 13.4. The molecule has 3 fully saturated rings. The van der Waals surface area contributed by atoms with Crippen molar-refractivity contribution in [2.45, 2.75) is 51.1 Å². The van der Waals surface area contributed by atoms with Gasteiger partial charge in [-0.25, -0.2) is 0 Å². The van der Waals surface area contributed by atoms with Crippen LogP contribution in [0.4, 0.5) is 0 Å². The molecule has 2 aliphatic heterocycles. The van der Waals surface area contributed by atoms with Crippen LogP contribution in [0.15, 0.2) is 54.6 Å². The third kappa shape index (κ3) is 5.53. The number of hydrogen-bond acceptors (Lipinski definition) is 3. The van der Waals surface area contributed by atoms with Gasteiger partial charge in [-0.1, -0.05) is 42.5 Å². The summed E-state index contributed by atoms with van der Waals surface area (Å²) in [4.78, 5) is 29.5. The lowest BCUT2D eigenvalue weighted by Crippen LogP contribution is -3.13. The maximum absolute atomic E-state index is 13.4. The third-order valence-corrected chi connectivity index (χ3v) is 8.30. The van der Waals surface area contributed by atoms with Gasteiger partial charge in [0.1, 0.15) is 5.75 Å². The van der Waals surface area contributed by atoms with Crippen LogP contribution in [0.5, 0.6) is 5.75 Å². The molecule has 0 aromatic heterocycles. The number of nitrogens with one attached hydrogen (secondary N) is 2. The van der Waals surface area contributed by atoms with Gasteiger partial charge in [0.25, 0.3) is 0 Å². The number of nitrogens with zero attached hydrogens (tertiary/aromatic N) is 1. The van der Waals surface area contributed by atoms with Crippen molar-refractivity contribution >= 4 is 11.8 Å². The number of piperidine rings is 1. The average Bonchev–Trinajstić information content (AvgIpc) is 3.72. The number of rotatable bonds is 9. The van der Waals surface area contributed by atoms with E-state index < -0.39 is 0 Å². The van der Waals surface area contributed by atoms with Gasteiger partial charge in [-0.15, -0.1) is 0 Å². The highest BCUT2D eigenvalue weighted by Crippen LogP contribution is 2.39. The van der Waals surface area contributed by atoms with E-state index in [1.54, 1.807) is 12.0 Å². The first kappa shape index (κ1) is 23.9. The molecular formula is C29H38N3O3+. The second-order valence-corrected chi connectivity index (χ2v) is 10.6. The summed E-state index contributed by atoms with van der Waals surface area (Å²) in [6, 6.07) is 18.4. The summed E-state index contributed by atoms with van der Waals surface area (Å²) in [5.41, 5.74) is 2.17. The van der Waals surface area contributed by atoms with E-state index in [2.05, 4.69) is 29.6 Å². The largest absolute Gasteiger partial charge is 0.497 e. The third-order valence-electron chi connectivity index (χ3n) is 8.30. The molecule has 2 heterocycles. The minimum absolute atomic E-state index is 0.0702. The van der Waals surface area contributed by atoms with Crippen molar-refractivity contribution in [3.63, 3.8) is 0 Å².